The van der Waals surface area contributed by atoms with Crippen molar-refractivity contribution >= 4 is 42.0 Å². The lowest BCUT2D eigenvalue weighted by molar-refractivity contribution is -0.173. The number of ether oxygens (including phenoxy) is 3. The third-order valence-corrected chi connectivity index (χ3v) is 5.84. The zero-order valence-corrected chi connectivity index (χ0v) is 18.9. The molecule has 0 aromatic heterocycles. The van der Waals surface area contributed by atoms with Crippen LogP contribution in [0.5, 0.6) is 5.75 Å². The number of esters is 2. The van der Waals surface area contributed by atoms with Crippen LogP contribution in [0.1, 0.15) is 20.8 Å². The second-order valence-corrected chi connectivity index (χ2v) is 8.97. The molecule has 0 radical (unpaired) electrons. The third kappa shape index (κ3) is 5.50. The molecular weight excluding hydrogens is 451 g/mol. The molecule has 170 valence electrons. The molecule has 2 aliphatic rings. The first kappa shape index (κ1) is 25.0. The molecular formula is C20H24ClFN2O6S. The Morgan fingerprint density at radius 2 is 2.00 bits per heavy atom. The van der Waals surface area contributed by atoms with Gasteiger partial charge in [0.2, 0.25) is 12.7 Å². The van der Waals surface area contributed by atoms with Gasteiger partial charge in [-0.3, -0.25) is 14.5 Å². The Hall–Kier alpha value is -2.30. The fraction of sp³-hybridized carbons (Fsp3) is 0.450. The summed E-state index contributed by atoms with van der Waals surface area (Å²) >= 11 is 1.40. The molecule has 1 saturated heterocycles. The van der Waals surface area contributed by atoms with Gasteiger partial charge < -0.3 is 19.9 Å². The van der Waals surface area contributed by atoms with Crippen molar-refractivity contribution in [2.45, 2.75) is 32.2 Å². The molecule has 2 heterocycles. The van der Waals surface area contributed by atoms with Crippen molar-refractivity contribution in [2.24, 2.45) is 11.1 Å². The van der Waals surface area contributed by atoms with Gasteiger partial charge in [0, 0.05) is 17.4 Å². The topological polar surface area (TPSA) is 108 Å². The number of rotatable bonds is 6. The maximum atomic E-state index is 13.4. The van der Waals surface area contributed by atoms with E-state index in [0.717, 1.165) is 0 Å². The number of carbonyl (C=O) groups excluding carboxylic acids is 3. The number of halogens is 2. The fourth-order valence-electron chi connectivity index (χ4n) is 2.83. The lowest BCUT2D eigenvalue weighted by Gasteiger charge is -2.48. The van der Waals surface area contributed by atoms with Gasteiger partial charge in [0.15, 0.2) is 0 Å². The predicted molar refractivity (Wildman–Crippen MR) is 114 cm³/mol. The van der Waals surface area contributed by atoms with Crippen molar-refractivity contribution in [1.29, 1.82) is 0 Å². The Labute approximate surface area is 189 Å². The lowest BCUT2D eigenvalue weighted by atomic mass is 9.98. The summed E-state index contributed by atoms with van der Waals surface area (Å²) in [7, 11) is 0. The second kappa shape index (κ2) is 9.88. The molecule has 2 aliphatic heterocycles. The van der Waals surface area contributed by atoms with Crippen LogP contribution in [0, 0.1) is 11.2 Å². The van der Waals surface area contributed by atoms with Gasteiger partial charge in [-0.2, -0.15) is 0 Å². The van der Waals surface area contributed by atoms with E-state index in [4.69, 9.17) is 19.9 Å². The van der Waals surface area contributed by atoms with Crippen molar-refractivity contribution in [3.63, 3.8) is 0 Å². The summed E-state index contributed by atoms with van der Waals surface area (Å²) in [4.78, 5) is 38.1. The first-order valence-electron chi connectivity index (χ1n) is 9.24. The van der Waals surface area contributed by atoms with E-state index in [9.17, 15) is 18.8 Å². The average Bonchev–Trinajstić information content (AvgIpc) is 2.70. The van der Waals surface area contributed by atoms with Gasteiger partial charge >= 0.3 is 11.9 Å². The van der Waals surface area contributed by atoms with Gasteiger partial charge in [0.05, 0.1) is 5.41 Å². The van der Waals surface area contributed by atoms with Crippen LogP contribution in [0.3, 0.4) is 0 Å². The van der Waals surface area contributed by atoms with E-state index in [1.165, 1.54) is 34.9 Å². The van der Waals surface area contributed by atoms with E-state index in [1.807, 2.05) is 0 Å². The van der Waals surface area contributed by atoms with Gasteiger partial charge in [-0.05, 0) is 32.9 Å². The molecule has 1 aromatic rings. The number of nitrogens with zero attached hydrogens (tertiary/aromatic N) is 1. The van der Waals surface area contributed by atoms with Crippen molar-refractivity contribution in [3.05, 3.63) is 41.4 Å². The SMILES string of the molecule is CC(C)(C)C(=O)OCOC(=O)C1=C(COc2cccc(F)c2)CS[C@H]2C(N)C(=O)N12.Cl. The van der Waals surface area contributed by atoms with E-state index in [-0.39, 0.29) is 35.8 Å². The van der Waals surface area contributed by atoms with Gasteiger partial charge in [0.1, 0.15) is 35.3 Å². The van der Waals surface area contributed by atoms with Crippen molar-refractivity contribution in [2.75, 3.05) is 19.2 Å². The standard InChI is InChI=1S/C20H23FN2O6S.ClH/c1-20(2,3)19(26)29-10-28-18(25)15-11(8-27-13-6-4-5-12(21)7-13)9-30-17-14(22)16(24)23(15)17;/h4-7,14,17H,8-10,22H2,1-3H3;1H/t14?,17-;/m0./s1. The van der Waals surface area contributed by atoms with E-state index >= 15 is 0 Å². The maximum absolute atomic E-state index is 13.4. The van der Waals surface area contributed by atoms with Gasteiger partial charge in [-0.15, -0.1) is 24.2 Å². The van der Waals surface area contributed by atoms with E-state index < -0.39 is 41.9 Å². The average molecular weight is 475 g/mol. The molecule has 1 fully saturated rings. The minimum atomic E-state index is -0.819. The Bertz CT molecular complexity index is 904. The molecule has 1 unspecified atom stereocenters. The molecule has 8 nitrogen and oxygen atoms in total. The van der Waals surface area contributed by atoms with Gasteiger partial charge in [0.25, 0.3) is 0 Å². The zero-order chi connectivity index (χ0) is 22.1. The van der Waals surface area contributed by atoms with Crippen LogP contribution in [0.2, 0.25) is 0 Å². The van der Waals surface area contributed by atoms with Gasteiger partial charge in [-0.1, -0.05) is 6.07 Å². The van der Waals surface area contributed by atoms with E-state index in [1.54, 1.807) is 26.8 Å². The van der Waals surface area contributed by atoms with Crippen LogP contribution < -0.4 is 10.5 Å². The highest BCUT2D eigenvalue weighted by atomic mass is 35.5. The molecule has 3 rings (SSSR count). The van der Waals surface area contributed by atoms with Crippen LogP contribution >= 0.6 is 24.2 Å². The fourth-order valence-corrected chi connectivity index (χ4v) is 4.10. The summed E-state index contributed by atoms with van der Waals surface area (Å²) in [5, 5.41) is -0.380. The largest absolute Gasteiger partial charge is 0.489 e. The monoisotopic (exact) mass is 474 g/mol. The number of hydrogen-bond acceptors (Lipinski definition) is 8. The molecule has 31 heavy (non-hydrogen) atoms. The number of amides is 1. The highest BCUT2D eigenvalue weighted by Crippen LogP contribution is 2.40. The number of fused-ring (bicyclic) bond motifs is 1. The predicted octanol–water partition coefficient (Wildman–Crippen LogP) is 2.21. The maximum Gasteiger partial charge on any atom is 0.358 e. The first-order valence-corrected chi connectivity index (χ1v) is 10.3. The molecule has 1 amide bonds. The Kier molecular flexibility index (Phi) is 7.96. The van der Waals surface area contributed by atoms with Crippen LogP contribution in [0.4, 0.5) is 4.39 Å². The highest BCUT2D eigenvalue weighted by Gasteiger charge is 2.52. The number of β-lactam (4-membered cyclic amide) rings is 1. The van der Waals surface area contributed by atoms with Crippen molar-refractivity contribution < 1.29 is 33.0 Å². The lowest BCUT2D eigenvalue weighted by Crippen LogP contribution is -2.68. The number of nitrogens with two attached hydrogens (primary N) is 1. The minimum absolute atomic E-state index is 0. The van der Waals surface area contributed by atoms with E-state index in [2.05, 4.69) is 0 Å². The molecule has 11 heteroatoms. The summed E-state index contributed by atoms with van der Waals surface area (Å²) in [5.74, 6) is -1.55. The molecule has 1 aromatic carbocycles. The molecule has 2 N–H and O–H groups in total. The zero-order valence-electron chi connectivity index (χ0n) is 17.3. The van der Waals surface area contributed by atoms with Crippen molar-refractivity contribution in [3.8, 4) is 5.75 Å². The number of benzene rings is 1. The number of thioether (sulfide) groups is 1. The normalized spacial score (nSPS) is 20.3. The number of carbonyl (C=O) groups is 3. The summed E-state index contributed by atoms with van der Waals surface area (Å²) in [6.07, 6.45) is 0. The summed E-state index contributed by atoms with van der Waals surface area (Å²) in [5.41, 5.74) is 5.59. The molecule has 2 atom stereocenters. The molecule has 0 aliphatic carbocycles. The van der Waals surface area contributed by atoms with Crippen LogP contribution in [-0.4, -0.2) is 53.3 Å². The van der Waals surface area contributed by atoms with Crippen LogP contribution in [0.25, 0.3) is 0 Å². The smallest absolute Gasteiger partial charge is 0.358 e. The van der Waals surface area contributed by atoms with Crippen molar-refractivity contribution in [1.82, 2.24) is 4.90 Å². The third-order valence-electron chi connectivity index (χ3n) is 4.48. The minimum Gasteiger partial charge on any atom is -0.489 e. The first-order chi connectivity index (χ1) is 14.1. The Morgan fingerprint density at radius 1 is 1.29 bits per heavy atom. The summed E-state index contributed by atoms with van der Waals surface area (Å²) in [6, 6.07) is 4.88. The summed E-state index contributed by atoms with van der Waals surface area (Å²) in [6.45, 7) is 4.39. The molecule has 0 saturated carbocycles. The highest BCUT2D eigenvalue weighted by molar-refractivity contribution is 8.00. The number of hydrogen-bond donors (Lipinski definition) is 1. The molecule has 0 bridgehead atoms. The quantitative estimate of drug-likeness (QED) is 0.380. The Balaban J connectivity index is 0.00000341. The van der Waals surface area contributed by atoms with E-state index in [0.29, 0.717) is 11.3 Å². The van der Waals surface area contributed by atoms with Gasteiger partial charge in [-0.25, -0.2) is 9.18 Å². The molecule has 0 spiro atoms. The van der Waals surface area contributed by atoms with Crippen LogP contribution in [0.15, 0.2) is 35.5 Å². The second-order valence-electron chi connectivity index (χ2n) is 7.87. The summed E-state index contributed by atoms with van der Waals surface area (Å²) < 4.78 is 29.0. The van der Waals surface area contributed by atoms with Crippen LogP contribution in [-0.2, 0) is 23.9 Å². The Morgan fingerprint density at radius 3 is 2.65 bits per heavy atom.